The highest BCUT2D eigenvalue weighted by Crippen LogP contribution is 2.44. The quantitative estimate of drug-likeness (QED) is 0.349. The lowest BCUT2D eigenvalue weighted by Crippen LogP contribution is -2.26. The molecule has 1 heterocycles. The number of fused-ring (bicyclic) bond motifs is 4. The van der Waals surface area contributed by atoms with Crippen molar-refractivity contribution in [3.05, 3.63) is 100 Å². The molecule has 1 aromatic heterocycles. The summed E-state index contributed by atoms with van der Waals surface area (Å²) in [5, 5.41) is 3.94. The minimum Gasteiger partial charge on any atom is -0.449 e. The Balaban J connectivity index is 1.19. The van der Waals surface area contributed by atoms with Gasteiger partial charge >= 0.3 is 6.09 Å². The number of carbonyl (C=O) groups is 1. The predicted octanol–water partition coefficient (Wildman–Crippen LogP) is 6.48. The van der Waals surface area contributed by atoms with Crippen LogP contribution in [-0.2, 0) is 4.74 Å². The molecule has 0 bridgehead atoms. The zero-order valence-electron chi connectivity index (χ0n) is 16.8. The van der Waals surface area contributed by atoms with Gasteiger partial charge in [0.25, 0.3) is 0 Å². The van der Waals surface area contributed by atoms with E-state index in [9.17, 15) is 4.79 Å². The van der Waals surface area contributed by atoms with E-state index in [2.05, 4.69) is 56.6 Å². The number of hydrogen-bond donors (Lipinski definition) is 2. The fraction of sp³-hybridized carbons (Fsp3) is 0.115. The number of ether oxygens (including phenoxy) is 1. The standard InChI is InChI=1S/C26H21BrN2O2/c27-18-11-12-25-23(14-18)17(15-29-25)6-5-13-28-26(30)31-16-24-21-9-3-1-7-19(21)20-8-2-4-10-22(20)24/h1-12,14-15,24,29H,13,16H2,(H,28,30). The molecule has 1 aliphatic carbocycles. The third-order valence-corrected chi connectivity index (χ3v) is 6.17. The number of hydrogen-bond acceptors (Lipinski definition) is 2. The van der Waals surface area contributed by atoms with Gasteiger partial charge in [-0.3, -0.25) is 0 Å². The molecular formula is C26H21BrN2O2. The molecule has 0 fully saturated rings. The van der Waals surface area contributed by atoms with Gasteiger partial charge in [-0.05, 0) is 46.0 Å². The summed E-state index contributed by atoms with van der Waals surface area (Å²) in [6.45, 7) is 0.720. The number of rotatable bonds is 5. The zero-order valence-corrected chi connectivity index (χ0v) is 18.4. The predicted molar refractivity (Wildman–Crippen MR) is 128 cm³/mol. The Morgan fingerprint density at radius 1 is 1.03 bits per heavy atom. The van der Waals surface area contributed by atoms with Crippen LogP contribution in [0.4, 0.5) is 4.79 Å². The zero-order chi connectivity index (χ0) is 21.2. The first kappa shape index (κ1) is 19.6. The van der Waals surface area contributed by atoms with Crippen LogP contribution in [0.25, 0.3) is 28.1 Å². The highest BCUT2D eigenvalue weighted by molar-refractivity contribution is 9.10. The molecule has 1 amide bonds. The Labute approximate surface area is 189 Å². The minimum atomic E-state index is -0.409. The molecule has 0 radical (unpaired) electrons. The van der Waals surface area contributed by atoms with Crippen molar-refractivity contribution >= 4 is 39.0 Å². The maximum absolute atomic E-state index is 12.3. The van der Waals surface area contributed by atoms with Gasteiger partial charge in [0.05, 0.1) is 0 Å². The van der Waals surface area contributed by atoms with Gasteiger partial charge in [-0.1, -0.05) is 76.6 Å². The number of amides is 1. The molecule has 2 N–H and O–H groups in total. The molecule has 0 atom stereocenters. The number of aromatic nitrogens is 1. The van der Waals surface area contributed by atoms with E-state index in [1.807, 2.05) is 54.7 Å². The second-order valence-corrected chi connectivity index (χ2v) is 8.46. The maximum Gasteiger partial charge on any atom is 0.407 e. The van der Waals surface area contributed by atoms with Crippen molar-refractivity contribution in [3.63, 3.8) is 0 Å². The number of alkyl carbamates (subject to hydrolysis) is 1. The van der Waals surface area contributed by atoms with Crippen LogP contribution in [0.3, 0.4) is 0 Å². The molecule has 0 saturated heterocycles. The van der Waals surface area contributed by atoms with Gasteiger partial charge in [0.1, 0.15) is 6.61 Å². The van der Waals surface area contributed by atoms with Gasteiger partial charge in [0.2, 0.25) is 0 Å². The maximum atomic E-state index is 12.3. The summed E-state index contributed by atoms with van der Waals surface area (Å²) in [4.78, 5) is 15.5. The SMILES string of the molecule is O=C(NCC=Cc1c[nH]c2ccc(Br)cc12)OCC1c2ccccc2-c2ccccc21. The first-order valence-electron chi connectivity index (χ1n) is 10.2. The van der Waals surface area contributed by atoms with Crippen LogP contribution in [0.1, 0.15) is 22.6 Å². The van der Waals surface area contributed by atoms with E-state index in [4.69, 9.17) is 4.74 Å². The number of benzene rings is 3. The molecule has 0 saturated carbocycles. The van der Waals surface area contributed by atoms with E-state index < -0.39 is 6.09 Å². The summed E-state index contributed by atoms with van der Waals surface area (Å²) in [6, 6.07) is 22.8. The van der Waals surface area contributed by atoms with Gasteiger partial charge in [0, 0.05) is 34.0 Å². The van der Waals surface area contributed by atoms with Crippen molar-refractivity contribution in [3.8, 4) is 11.1 Å². The molecule has 1 aliphatic rings. The normalized spacial score (nSPS) is 12.8. The van der Waals surface area contributed by atoms with Crippen LogP contribution in [0, 0.1) is 0 Å². The van der Waals surface area contributed by atoms with Crippen LogP contribution in [-0.4, -0.2) is 24.2 Å². The van der Waals surface area contributed by atoms with E-state index in [-0.39, 0.29) is 5.92 Å². The first-order valence-corrected chi connectivity index (χ1v) is 11.0. The van der Waals surface area contributed by atoms with Crippen molar-refractivity contribution in [2.75, 3.05) is 13.2 Å². The summed E-state index contributed by atoms with van der Waals surface area (Å²) >= 11 is 3.51. The van der Waals surface area contributed by atoms with Gasteiger partial charge in [0.15, 0.2) is 0 Å². The van der Waals surface area contributed by atoms with E-state index >= 15 is 0 Å². The van der Waals surface area contributed by atoms with Crippen LogP contribution < -0.4 is 5.32 Å². The largest absolute Gasteiger partial charge is 0.449 e. The third kappa shape index (κ3) is 3.89. The summed E-state index contributed by atoms with van der Waals surface area (Å²) in [5.41, 5.74) is 7.02. The summed E-state index contributed by atoms with van der Waals surface area (Å²) in [5.74, 6) is 0.0679. The van der Waals surface area contributed by atoms with Crippen molar-refractivity contribution in [1.29, 1.82) is 0 Å². The molecule has 0 spiro atoms. The van der Waals surface area contributed by atoms with E-state index in [1.54, 1.807) is 0 Å². The Morgan fingerprint density at radius 2 is 1.74 bits per heavy atom. The van der Waals surface area contributed by atoms with Crippen molar-refractivity contribution in [2.45, 2.75) is 5.92 Å². The number of carbonyl (C=O) groups excluding carboxylic acids is 1. The van der Waals surface area contributed by atoms with Gasteiger partial charge < -0.3 is 15.0 Å². The number of aromatic amines is 1. The Bertz CT molecular complexity index is 1250. The Hall–Kier alpha value is -3.31. The van der Waals surface area contributed by atoms with Crippen LogP contribution in [0.2, 0.25) is 0 Å². The lowest BCUT2D eigenvalue weighted by Gasteiger charge is -2.14. The summed E-state index contributed by atoms with van der Waals surface area (Å²) in [7, 11) is 0. The molecule has 5 heteroatoms. The molecule has 0 unspecified atom stereocenters. The molecule has 5 rings (SSSR count). The van der Waals surface area contributed by atoms with Crippen molar-refractivity contribution in [2.24, 2.45) is 0 Å². The molecule has 0 aliphatic heterocycles. The molecular weight excluding hydrogens is 452 g/mol. The van der Waals surface area contributed by atoms with Crippen LogP contribution >= 0.6 is 15.9 Å². The minimum absolute atomic E-state index is 0.0679. The van der Waals surface area contributed by atoms with Crippen molar-refractivity contribution in [1.82, 2.24) is 10.3 Å². The van der Waals surface area contributed by atoms with Crippen molar-refractivity contribution < 1.29 is 9.53 Å². The van der Waals surface area contributed by atoms with Crippen LogP contribution in [0.15, 0.2) is 83.5 Å². The average Bonchev–Trinajstić information content (AvgIpc) is 3.34. The van der Waals surface area contributed by atoms with Gasteiger partial charge in [-0.15, -0.1) is 0 Å². The molecule has 4 nitrogen and oxygen atoms in total. The van der Waals surface area contributed by atoms with E-state index in [1.165, 1.54) is 22.3 Å². The average molecular weight is 473 g/mol. The molecule has 31 heavy (non-hydrogen) atoms. The number of nitrogens with one attached hydrogen (secondary N) is 2. The lowest BCUT2D eigenvalue weighted by atomic mass is 9.98. The van der Waals surface area contributed by atoms with E-state index in [0.29, 0.717) is 13.2 Å². The monoisotopic (exact) mass is 472 g/mol. The fourth-order valence-electron chi connectivity index (χ4n) is 4.23. The smallest absolute Gasteiger partial charge is 0.407 e. The highest BCUT2D eigenvalue weighted by Gasteiger charge is 2.28. The molecule has 154 valence electrons. The molecule has 3 aromatic carbocycles. The molecule has 4 aromatic rings. The second kappa shape index (κ2) is 8.44. The van der Waals surface area contributed by atoms with Gasteiger partial charge in [-0.2, -0.15) is 0 Å². The van der Waals surface area contributed by atoms with Gasteiger partial charge in [-0.25, -0.2) is 4.79 Å². The third-order valence-electron chi connectivity index (χ3n) is 5.68. The fourth-order valence-corrected chi connectivity index (χ4v) is 4.59. The summed E-state index contributed by atoms with van der Waals surface area (Å²) in [6.07, 6.45) is 5.47. The topological polar surface area (TPSA) is 54.1 Å². The van der Waals surface area contributed by atoms with Crippen LogP contribution in [0.5, 0.6) is 0 Å². The lowest BCUT2D eigenvalue weighted by molar-refractivity contribution is 0.144. The number of halogens is 1. The Kier molecular flexibility index (Phi) is 5.35. The first-order chi connectivity index (χ1) is 15.2. The summed E-state index contributed by atoms with van der Waals surface area (Å²) < 4.78 is 6.60. The Morgan fingerprint density at radius 3 is 2.48 bits per heavy atom. The second-order valence-electron chi connectivity index (χ2n) is 7.54. The number of H-pyrrole nitrogens is 1. The van der Waals surface area contributed by atoms with E-state index in [0.717, 1.165) is 20.9 Å². The highest BCUT2D eigenvalue weighted by atomic mass is 79.9.